The Kier molecular flexibility index (Phi) is 5.07. The van der Waals surface area contributed by atoms with Gasteiger partial charge >= 0.3 is 0 Å². The Labute approximate surface area is 165 Å². The van der Waals surface area contributed by atoms with Crippen molar-refractivity contribution in [2.45, 2.75) is 57.7 Å². The Hall–Kier alpha value is -2.82. The molecular weight excluding hydrogens is 354 g/mol. The van der Waals surface area contributed by atoms with Crippen molar-refractivity contribution in [3.8, 4) is 11.5 Å². The van der Waals surface area contributed by atoms with Crippen LogP contribution in [0.1, 0.15) is 61.4 Å². The summed E-state index contributed by atoms with van der Waals surface area (Å²) in [6, 6.07) is 13.0. The van der Waals surface area contributed by atoms with E-state index in [9.17, 15) is 9.59 Å². The molecule has 2 aromatic rings. The number of nitrogens with one attached hydrogen (secondary N) is 1. The lowest BCUT2D eigenvalue weighted by Crippen LogP contribution is -2.34. The highest BCUT2D eigenvalue weighted by Gasteiger charge is 2.44. The molecule has 1 N–H and O–H groups in total. The molecule has 0 bridgehead atoms. The van der Waals surface area contributed by atoms with E-state index in [2.05, 4.69) is 12.2 Å². The molecule has 1 aliphatic carbocycles. The van der Waals surface area contributed by atoms with Crippen LogP contribution in [0.5, 0.6) is 11.5 Å². The van der Waals surface area contributed by atoms with E-state index in [1.165, 1.54) is 5.56 Å². The third-order valence-electron chi connectivity index (χ3n) is 5.45. The van der Waals surface area contributed by atoms with E-state index in [1.807, 2.05) is 30.3 Å². The van der Waals surface area contributed by atoms with Crippen molar-refractivity contribution >= 4 is 17.4 Å². The van der Waals surface area contributed by atoms with Gasteiger partial charge in [0, 0.05) is 43.0 Å². The van der Waals surface area contributed by atoms with Gasteiger partial charge in [-0.3, -0.25) is 9.59 Å². The zero-order chi connectivity index (χ0) is 19.6. The lowest BCUT2D eigenvalue weighted by atomic mass is 10.0. The molecule has 0 radical (unpaired) electrons. The molecule has 2 aliphatic rings. The average Bonchev–Trinajstić information content (AvgIpc) is 3.31. The third kappa shape index (κ3) is 3.88. The standard InChI is InChI=1S/C23H25NO4/c1-2-16-5-7-17(8-6-16)19(25)10-12-22(26)24-18-9-11-20-21(15-18)28-23(27-20)13-3-4-14-23/h5-9,11,15H,2-4,10,12-14H2,1H3,(H,24,26). The fourth-order valence-electron chi connectivity index (χ4n) is 3.81. The Bertz CT molecular complexity index is 882. The number of carbonyl (C=O) groups excluding carboxylic acids is 2. The normalized spacial score (nSPS) is 16.3. The van der Waals surface area contributed by atoms with Gasteiger partial charge in [-0.15, -0.1) is 0 Å². The van der Waals surface area contributed by atoms with Crippen molar-refractivity contribution in [1.82, 2.24) is 0 Å². The maximum absolute atomic E-state index is 12.3. The highest BCUT2D eigenvalue weighted by molar-refractivity contribution is 6.00. The number of Topliss-reactive ketones (excluding diaryl/α,β-unsaturated/α-hetero) is 1. The molecule has 1 aliphatic heterocycles. The second-order valence-electron chi connectivity index (χ2n) is 7.51. The summed E-state index contributed by atoms with van der Waals surface area (Å²) in [6.45, 7) is 2.07. The van der Waals surface area contributed by atoms with Gasteiger partial charge in [0.15, 0.2) is 17.3 Å². The van der Waals surface area contributed by atoms with E-state index in [1.54, 1.807) is 12.1 Å². The number of carbonyl (C=O) groups is 2. The maximum Gasteiger partial charge on any atom is 0.251 e. The van der Waals surface area contributed by atoms with Crippen LogP contribution in [-0.4, -0.2) is 17.5 Å². The lowest BCUT2D eigenvalue weighted by Gasteiger charge is -2.21. The second-order valence-corrected chi connectivity index (χ2v) is 7.51. The summed E-state index contributed by atoms with van der Waals surface area (Å²) in [5.74, 6) is 0.682. The second kappa shape index (κ2) is 7.66. The molecule has 1 amide bonds. The van der Waals surface area contributed by atoms with Crippen LogP contribution < -0.4 is 14.8 Å². The highest BCUT2D eigenvalue weighted by atomic mass is 16.7. The molecule has 0 unspecified atom stereocenters. The molecule has 4 rings (SSSR count). The Morgan fingerprint density at radius 2 is 1.68 bits per heavy atom. The quantitative estimate of drug-likeness (QED) is 0.726. The number of benzene rings is 2. The minimum Gasteiger partial charge on any atom is -0.448 e. The highest BCUT2D eigenvalue weighted by Crippen LogP contribution is 2.47. The van der Waals surface area contributed by atoms with E-state index >= 15 is 0 Å². The zero-order valence-corrected chi connectivity index (χ0v) is 16.1. The molecule has 1 spiro atoms. The number of fused-ring (bicyclic) bond motifs is 1. The monoisotopic (exact) mass is 379 g/mol. The topological polar surface area (TPSA) is 64.6 Å². The molecule has 5 heteroatoms. The molecule has 1 fully saturated rings. The Balaban J connectivity index is 1.31. The van der Waals surface area contributed by atoms with Crippen LogP contribution in [0.25, 0.3) is 0 Å². The van der Waals surface area contributed by atoms with Crippen molar-refractivity contribution in [1.29, 1.82) is 0 Å². The lowest BCUT2D eigenvalue weighted by molar-refractivity contribution is -0.116. The molecule has 1 saturated carbocycles. The van der Waals surface area contributed by atoms with E-state index < -0.39 is 5.79 Å². The summed E-state index contributed by atoms with van der Waals surface area (Å²) in [7, 11) is 0. The Morgan fingerprint density at radius 3 is 2.39 bits per heavy atom. The Morgan fingerprint density at radius 1 is 0.964 bits per heavy atom. The number of ketones is 1. The summed E-state index contributed by atoms with van der Waals surface area (Å²) in [5.41, 5.74) is 2.49. The van der Waals surface area contributed by atoms with Gasteiger partial charge in [0.05, 0.1) is 0 Å². The van der Waals surface area contributed by atoms with Gasteiger partial charge in [-0.25, -0.2) is 0 Å². The van der Waals surface area contributed by atoms with E-state index in [-0.39, 0.29) is 24.5 Å². The number of aryl methyl sites for hydroxylation is 1. The number of anilines is 1. The summed E-state index contributed by atoms with van der Waals surface area (Å²) in [4.78, 5) is 24.5. The first-order chi connectivity index (χ1) is 13.6. The summed E-state index contributed by atoms with van der Waals surface area (Å²) >= 11 is 0. The van der Waals surface area contributed by atoms with Crippen molar-refractivity contribution in [3.05, 3.63) is 53.6 Å². The minimum absolute atomic E-state index is 0.0216. The van der Waals surface area contributed by atoms with Gasteiger partial charge in [-0.1, -0.05) is 31.2 Å². The van der Waals surface area contributed by atoms with Crippen LogP contribution in [0.4, 0.5) is 5.69 Å². The minimum atomic E-state index is -0.509. The number of ether oxygens (including phenoxy) is 2. The fraction of sp³-hybridized carbons (Fsp3) is 0.391. The van der Waals surface area contributed by atoms with Crippen molar-refractivity contribution in [3.63, 3.8) is 0 Å². The maximum atomic E-state index is 12.3. The van der Waals surface area contributed by atoms with Crippen LogP contribution in [0.3, 0.4) is 0 Å². The molecule has 0 saturated heterocycles. The average molecular weight is 379 g/mol. The van der Waals surface area contributed by atoms with Crippen molar-refractivity contribution in [2.75, 3.05) is 5.32 Å². The summed E-state index contributed by atoms with van der Waals surface area (Å²) in [5, 5.41) is 2.85. The predicted octanol–water partition coefficient (Wildman–Crippen LogP) is 4.89. The van der Waals surface area contributed by atoms with Gasteiger partial charge in [0.1, 0.15) is 0 Å². The molecule has 1 heterocycles. The van der Waals surface area contributed by atoms with Gasteiger partial charge in [0.25, 0.3) is 5.79 Å². The number of amides is 1. The first-order valence-corrected chi connectivity index (χ1v) is 10.0. The van der Waals surface area contributed by atoms with E-state index in [4.69, 9.17) is 9.47 Å². The first kappa shape index (κ1) is 18.5. The molecular formula is C23H25NO4. The molecule has 0 aromatic heterocycles. The predicted molar refractivity (Wildman–Crippen MR) is 107 cm³/mol. The number of hydrogen-bond acceptors (Lipinski definition) is 4. The van der Waals surface area contributed by atoms with Crippen LogP contribution in [0.15, 0.2) is 42.5 Å². The van der Waals surface area contributed by atoms with Crippen LogP contribution in [0.2, 0.25) is 0 Å². The first-order valence-electron chi connectivity index (χ1n) is 10.0. The van der Waals surface area contributed by atoms with Gasteiger partial charge < -0.3 is 14.8 Å². The SMILES string of the molecule is CCc1ccc(C(=O)CCC(=O)Nc2ccc3c(c2)OC2(CCCC2)O3)cc1. The number of hydrogen-bond donors (Lipinski definition) is 1. The van der Waals surface area contributed by atoms with Crippen LogP contribution >= 0.6 is 0 Å². The molecule has 0 atom stereocenters. The molecule has 2 aromatic carbocycles. The molecule has 28 heavy (non-hydrogen) atoms. The number of rotatable bonds is 6. The zero-order valence-electron chi connectivity index (χ0n) is 16.1. The molecule has 146 valence electrons. The smallest absolute Gasteiger partial charge is 0.251 e. The van der Waals surface area contributed by atoms with Crippen LogP contribution in [-0.2, 0) is 11.2 Å². The van der Waals surface area contributed by atoms with Crippen LogP contribution in [0, 0.1) is 0 Å². The largest absolute Gasteiger partial charge is 0.448 e. The van der Waals surface area contributed by atoms with Gasteiger partial charge in [0.2, 0.25) is 5.91 Å². The van der Waals surface area contributed by atoms with Gasteiger partial charge in [-0.2, -0.15) is 0 Å². The third-order valence-corrected chi connectivity index (χ3v) is 5.45. The van der Waals surface area contributed by atoms with Crippen molar-refractivity contribution < 1.29 is 19.1 Å². The summed E-state index contributed by atoms with van der Waals surface area (Å²) in [6.07, 6.45) is 5.26. The van der Waals surface area contributed by atoms with Gasteiger partial charge in [-0.05, 0) is 37.0 Å². The summed E-state index contributed by atoms with van der Waals surface area (Å²) < 4.78 is 12.0. The van der Waals surface area contributed by atoms with E-state index in [0.717, 1.165) is 37.9 Å². The fourth-order valence-corrected chi connectivity index (χ4v) is 3.81. The van der Waals surface area contributed by atoms with Crippen molar-refractivity contribution in [2.24, 2.45) is 0 Å². The van der Waals surface area contributed by atoms with E-state index in [0.29, 0.717) is 17.0 Å². The molecule has 5 nitrogen and oxygen atoms in total.